The molecule has 2 N–H and O–H groups in total. The highest BCUT2D eigenvalue weighted by Crippen LogP contribution is 2.25. The Labute approximate surface area is 100 Å². The van der Waals surface area contributed by atoms with E-state index in [1.165, 1.54) is 10.8 Å². The first kappa shape index (κ1) is 10.7. The summed E-state index contributed by atoms with van der Waals surface area (Å²) in [5.74, 6) is 0. The van der Waals surface area contributed by atoms with Gasteiger partial charge in [-0.25, -0.2) is 0 Å². The van der Waals surface area contributed by atoms with Crippen molar-refractivity contribution in [1.82, 2.24) is 0 Å². The summed E-state index contributed by atoms with van der Waals surface area (Å²) >= 11 is 0. The van der Waals surface area contributed by atoms with Crippen molar-refractivity contribution in [2.45, 2.75) is 12.3 Å². The number of rotatable bonds is 1. The molecule has 3 heteroatoms. The summed E-state index contributed by atoms with van der Waals surface area (Å²) in [6.07, 6.45) is -0.286. The van der Waals surface area contributed by atoms with Gasteiger partial charge in [-0.2, -0.15) is 0 Å². The molecular weight excluding hydrogens is 214 g/mol. The Balaban J connectivity index is 1.90. The molecule has 2 aromatic rings. The summed E-state index contributed by atoms with van der Waals surface area (Å²) in [6.45, 7) is 0.983. The zero-order chi connectivity index (χ0) is 11.7. The lowest BCUT2D eigenvalue weighted by atomic mass is 10.0. The Kier molecular flexibility index (Phi) is 2.81. The van der Waals surface area contributed by atoms with E-state index >= 15 is 0 Å². The van der Waals surface area contributed by atoms with Crippen LogP contribution in [0, 0.1) is 0 Å². The van der Waals surface area contributed by atoms with Gasteiger partial charge >= 0.3 is 0 Å². The molecule has 2 aromatic carbocycles. The first-order valence-electron chi connectivity index (χ1n) is 5.80. The van der Waals surface area contributed by atoms with E-state index in [4.69, 9.17) is 15.2 Å². The van der Waals surface area contributed by atoms with Gasteiger partial charge in [0.25, 0.3) is 0 Å². The molecule has 0 aromatic heterocycles. The zero-order valence-corrected chi connectivity index (χ0v) is 9.50. The van der Waals surface area contributed by atoms with Crippen molar-refractivity contribution in [3.63, 3.8) is 0 Å². The van der Waals surface area contributed by atoms with Crippen LogP contribution < -0.4 is 5.73 Å². The normalized spacial score (nSPS) is 25.0. The van der Waals surface area contributed by atoms with Gasteiger partial charge in [0.15, 0.2) is 0 Å². The van der Waals surface area contributed by atoms with Crippen LogP contribution in [-0.2, 0) is 9.47 Å². The Hall–Kier alpha value is -1.42. The van der Waals surface area contributed by atoms with Gasteiger partial charge in [-0.15, -0.1) is 0 Å². The van der Waals surface area contributed by atoms with Crippen LogP contribution >= 0.6 is 0 Å². The van der Waals surface area contributed by atoms with E-state index in [1.54, 1.807) is 0 Å². The number of hydrogen-bond acceptors (Lipinski definition) is 3. The lowest BCUT2D eigenvalue weighted by Gasteiger charge is -2.27. The Morgan fingerprint density at radius 1 is 0.941 bits per heavy atom. The largest absolute Gasteiger partial charge is 0.367 e. The van der Waals surface area contributed by atoms with Gasteiger partial charge in [0.1, 0.15) is 12.3 Å². The summed E-state index contributed by atoms with van der Waals surface area (Å²) < 4.78 is 11.1. The summed E-state index contributed by atoms with van der Waals surface area (Å²) in [6, 6.07) is 14.7. The number of ether oxygens (including phenoxy) is 2. The number of benzene rings is 2. The second-order valence-electron chi connectivity index (χ2n) is 4.30. The van der Waals surface area contributed by atoms with E-state index in [9.17, 15) is 0 Å². The Morgan fingerprint density at radius 3 is 2.53 bits per heavy atom. The summed E-state index contributed by atoms with van der Waals surface area (Å²) in [5, 5.41) is 2.47. The first-order chi connectivity index (χ1) is 8.33. The Bertz CT molecular complexity index is 518. The van der Waals surface area contributed by atoms with Crippen LogP contribution in [0.2, 0.25) is 0 Å². The molecule has 1 aliphatic heterocycles. The molecule has 0 aliphatic carbocycles. The molecule has 2 atom stereocenters. The van der Waals surface area contributed by atoms with Gasteiger partial charge < -0.3 is 15.2 Å². The third kappa shape index (κ3) is 2.17. The standard InChI is InChI=1S/C14H15NO2/c15-14-9-16-13(8-17-14)12-6-5-10-3-1-2-4-11(10)7-12/h1-7,13-14H,8-9,15H2. The summed E-state index contributed by atoms with van der Waals surface area (Å²) in [7, 11) is 0. The van der Waals surface area contributed by atoms with Crippen molar-refractivity contribution in [3.05, 3.63) is 48.0 Å². The van der Waals surface area contributed by atoms with Gasteiger partial charge in [-0.05, 0) is 22.4 Å². The highest BCUT2D eigenvalue weighted by molar-refractivity contribution is 5.83. The summed E-state index contributed by atoms with van der Waals surface area (Å²) in [5.41, 5.74) is 6.77. The molecule has 1 heterocycles. The van der Waals surface area contributed by atoms with E-state index < -0.39 is 0 Å². The number of nitrogens with two attached hydrogens (primary N) is 1. The molecule has 3 nitrogen and oxygen atoms in total. The van der Waals surface area contributed by atoms with Crippen molar-refractivity contribution < 1.29 is 9.47 Å². The molecule has 0 bridgehead atoms. The van der Waals surface area contributed by atoms with Crippen LogP contribution in [0.25, 0.3) is 10.8 Å². The second kappa shape index (κ2) is 4.45. The second-order valence-corrected chi connectivity index (χ2v) is 4.30. The minimum atomic E-state index is -0.285. The van der Waals surface area contributed by atoms with Gasteiger partial charge in [-0.3, -0.25) is 0 Å². The van der Waals surface area contributed by atoms with E-state index in [0.717, 1.165) is 5.56 Å². The Morgan fingerprint density at radius 2 is 1.76 bits per heavy atom. The summed E-state index contributed by atoms with van der Waals surface area (Å²) in [4.78, 5) is 0. The molecule has 1 fully saturated rings. The third-order valence-electron chi connectivity index (χ3n) is 3.07. The maximum Gasteiger partial charge on any atom is 0.129 e. The topological polar surface area (TPSA) is 44.5 Å². The van der Waals surface area contributed by atoms with Gasteiger partial charge in [-0.1, -0.05) is 36.4 Å². The van der Waals surface area contributed by atoms with Crippen LogP contribution in [-0.4, -0.2) is 19.4 Å². The van der Waals surface area contributed by atoms with Crippen molar-refractivity contribution in [1.29, 1.82) is 0 Å². The molecule has 0 amide bonds. The van der Waals surface area contributed by atoms with Gasteiger partial charge in [0.2, 0.25) is 0 Å². The molecule has 0 saturated carbocycles. The van der Waals surface area contributed by atoms with Crippen LogP contribution in [0.15, 0.2) is 42.5 Å². The molecule has 0 radical (unpaired) electrons. The fourth-order valence-electron chi connectivity index (χ4n) is 2.12. The SMILES string of the molecule is NC1COC(c2ccc3ccccc3c2)CO1. The van der Waals surface area contributed by atoms with Crippen LogP contribution in [0.3, 0.4) is 0 Å². The maximum atomic E-state index is 5.68. The molecule has 17 heavy (non-hydrogen) atoms. The molecule has 3 rings (SSSR count). The third-order valence-corrected chi connectivity index (χ3v) is 3.07. The maximum absolute atomic E-state index is 5.68. The van der Waals surface area contributed by atoms with E-state index in [1.807, 2.05) is 12.1 Å². The van der Waals surface area contributed by atoms with Crippen LogP contribution in [0.1, 0.15) is 11.7 Å². The predicted octanol–water partition coefficient (Wildman–Crippen LogP) is 2.21. The average molecular weight is 229 g/mol. The molecular formula is C14H15NO2. The number of fused-ring (bicyclic) bond motifs is 1. The highest BCUT2D eigenvalue weighted by Gasteiger charge is 2.20. The molecule has 88 valence electrons. The predicted molar refractivity (Wildman–Crippen MR) is 66.6 cm³/mol. The smallest absolute Gasteiger partial charge is 0.129 e. The van der Waals surface area contributed by atoms with Gasteiger partial charge in [0.05, 0.1) is 13.2 Å². The lowest BCUT2D eigenvalue weighted by molar-refractivity contribution is -0.132. The van der Waals surface area contributed by atoms with E-state index in [-0.39, 0.29) is 12.3 Å². The van der Waals surface area contributed by atoms with Crippen LogP contribution in [0.4, 0.5) is 0 Å². The first-order valence-corrected chi connectivity index (χ1v) is 5.80. The molecule has 0 spiro atoms. The minimum absolute atomic E-state index is 0.000550. The fraction of sp³-hybridized carbons (Fsp3) is 0.286. The number of hydrogen-bond donors (Lipinski definition) is 1. The van der Waals surface area contributed by atoms with Gasteiger partial charge in [0, 0.05) is 0 Å². The molecule has 2 unspecified atom stereocenters. The lowest BCUT2D eigenvalue weighted by Crippen LogP contribution is -2.37. The van der Waals surface area contributed by atoms with Crippen molar-refractivity contribution in [2.75, 3.05) is 13.2 Å². The average Bonchev–Trinajstić information content (AvgIpc) is 2.39. The molecule has 1 aliphatic rings. The molecule has 1 saturated heterocycles. The van der Waals surface area contributed by atoms with E-state index in [0.29, 0.717) is 13.2 Å². The zero-order valence-electron chi connectivity index (χ0n) is 9.50. The monoisotopic (exact) mass is 229 g/mol. The van der Waals surface area contributed by atoms with E-state index in [2.05, 4.69) is 30.3 Å². The van der Waals surface area contributed by atoms with Crippen molar-refractivity contribution >= 4 is 10.8 Å². The minimum Gasteiger partial charge on any atom is -0.367 e. The van der Waals surface area contributed by atoms with Crippen molar-refractivity contribution in [2.24, 2.45) is 5.73 Å². The van der Waals surface area contributed by atoms with Crippen molar-refractivity contribution in [3.8, 4) is 0 Å². The fourth-order valence-corrected chi connectivity index (χ4v) is 2.12. The quantitative estimate of drug-likeness (QED) is 0.815. The highest BCUT2D eigenvalue weighted by atomic mass is 16.6. The van der Waals surface area contributed by atoms with Crippen LogP contribution in [0.5, 0.6) is 0 Å².